The van der Waals surface area contributed by atoms with Gasteiger partial charge < -0.3 is 29.3 Å². The molecule has 2 aliphatic rings. The van der Waals surface area contributed by atoms with Crippen molar-refractivity contribution in [1.82, 2.24) is 25.0 Å². The number of hydrogen-bond donors (Lipinski definition) is 1. The Hall–Kier alpha value is -4.40. The van der Waals surface area contributed by atoms with Crippen LogP contribution in [0.25, 0.3) is 10.8 Å². The number of fused-ring (bicyclic) bond motifs is 1. The number of piperazine rings is 1. The summed E-state index contributed by atoms with van der Waals surface area (Å²) in [5, 5.41) is 13.7. The number of hydrogen-bond acceptors (Lipinski definition) is 10. The molecule has 12 nitrogen and oxygen atoms in total. The summed E-state index contributed by atoms with van der Waals surface area (Å²) in [6.45, 7) is 6.57. The molecule has 0 bridgehead atoms. The highest BCUT2D eigenvalue weighted by Gasteiger charge is 2.28. The van der Waals surface area contributed by atoms with E-state index in [-0.39, 0.29) is 4.47 Å². The van der Waals surface area contributed by atoms with E-state index in [2.05, 4.69) is 41.1 Å². The van der Waals surface area contributed by atoms with Gasteiger partial charge in [0.05, 0.1) is 37.1 Å². The lowest BCUT2D eigenvalue weighted by Crippen LogP contribution is -2.51. The first-order chi connectivity index (χ1) is 23.9. The van der Waals surface area contributed by atoms with Crippen molar-refractivity contribution in [2.75, 3.05) is 83.0 Å². The smallest absolute Gasteiger partial charge is 0.313 e. The number of nitrogens with zero attached hydrogens (tertiary/aromatic N) is 6. The molecule has 4 aromatic rings. The van der Waals surface area contributed by atoms with Crippen LogP contribution >= 0.6 is 15.9 Å². The van der Waals surface area contributed by atoms with Crippen LogP contribution in [0, 0.1) is 5.82 Å². The molecule has 0 saturated carbocycles. The monoisotopic (exact) mass is 735 g/mol. The average Bonchev–Trinajstić information content (AvgIpc) is 3.13. The summed E-state index contributed by atoms with van der Waals surface area (Å²) in [6.07, 6.45) is 5.98. The molecule has 14 heteroatoms. The highest BCUT2D eigenvalue weighted by molar-refractivity contribution is 9.10. The maximum absolute atomic E-state index is 13.6. The van der Waals surface area contributed by atoms with E-state index in [1.54, 1.807) is 19.5 Å². The van der Waals surface area contributed by atoms with Gasteiger partial charge in [-0.2, -0.15) is 5.10 Å². The van der Waals surface area contributed by atoms with Crippen molar-refractivity contribution >= 4 is 50.0 Å². The van der Waals surface area contributed by atoms with E-state index >= 15 is 0 Å². The Balaban J connectivity index is 1.18. The maximum atomic E-state index is 13.6. The summed E-state index contributed by atoms with van der Waals surface area (Å²) in [5.41, 5.74) is 2.17. The van der Waals surface area contributed by atoms with E-state index in [9.17, 15) is 14.0 Å². The molecule has 0 atom stereocenters. The van der Waals surface area contributed by atoms with Gasteiger partial charge in [-0.25, -0.2) is 4.39 Å². The van der Waals surface area contributed by atoms with Crippen molar-refractivity contribution < 1.29 is 28.2 Å². The molecule has 49 heavy (non-hydrogen) atoms. The zero-order valence-corrected chi connectivity index (χ0v) is 29.0. The number of benzene rings is 2. The highest BCUT2D eigenvalue weighted by Crippen LogP contribution is 2.38. The Morgan fingerprint density at radius 3 is 2.43 bits per heavy atom. The zero-order valence-electron chi connectivity index (χ0n) is 27.4. The van der Waals surface area contributed by atoms with Gasteiger partial charge in [0.2, 0.25) is 0 Å². The third-order valence-electron chi connectivity index (χ3n) is 8.71. The van der Waals surface area contributed by atoms with Crippen molar-refractivity contribution in [3.05, 3.63) is 76.4 Å². The Labute approximate surface area is 292 Å². The van der Waals surface area contributed by atoms with Crippen LogP contribution in [0.5, 0.6) is 11.5 Å². The largest absolute Gasteiger partial charge is 0.493 e. The predicted octanol–water partition coefficient (Wildman–Crippen LogP) is 4.30. The molecule has 0 aliphatic carbocycles. The standard InChI is InChI=1S/C35H39BrFN7O5/c1-47-31-22-26-27(23-32(31)49-17-3-2-10-42-15-18-48-19-16-42)33(41-40-30(26)20-24-6-8-38-9-7-24)43-11-13-44(14-12-43)35(46)34(45)39-25-4-5-29(37)28(36)21-25/h4-9,21-23H,2-3,10-20H2,1H3,(H,39,45). The second kappa shape index (κ2) is 16.3. The van der Waals surface area contributed by atoms with E-state index in [1.165, 1.54) is 23.1 Å². The lowest BCUT2D eigenvalue weighted by molar-refractivity contribution is -0.143. The molecule has 0 unspecified atom stereocenters. The number of amides is 2. The third-order valence-corrected chi connectivity index (χ3v) is 9.32. The van der Waals surface area contributed by atoms with E-state index in [4.69, 9.17) is 19.3 Å². The number of unbranched alkanes of at least 4 members (excludes halogenated alkanes) is 1. The van der Waals surface area contributed by atoms with Gasteiger partial charge in [-0.15, -0.1) is 5.10 Å². The first kappa shape index (κ1) is 34.5. The predicted molar refractivity (Wildman–Crippen MR) is 187 cm³/mol. The van der Waals surface area contributed by atoms with Crippen molar-refractivity contribution in [3.8, 4) is 11.5 Å². The molecule has 2 amide bonds. The average molecular weight is 737 g/mol. The molecule has 2 aromatic carbocycles. The highest BCUT2D eigenvalue weighted by atomic mass is 79.9. The quantitative estimate of drug-likeness (QED) is 0.176. The van der Waals surface area contributed by atoms with Crippen LogP contribution in [-0.2, 0) is 20.7 Å². The lowest BCUT2D eigenvalue weighted by Gasteiger charge is -2.35. The van der Waals surface area contributed by atoms with Crippen LogP contribution in [0.4, 0.5) is 15.9 Å². The zero-order chi connectivity index (χ0) is 34.2. The van der Waals surface area contributed by atoms with Gasteiger partial charge in [0.15, 0.2) is 17.3 Å². The molecule has 0 spiro atoms. The van der Waals surface area contributed by atoms with Crippen molar-refractivity contribution in [3.63, 3.8) is 0 Å². The van der Waals surface area contributed by atoms with E-state index < -0.39 is 17.6 Å². The number of ether oxygens (including phenoxy) is 3. The number of carbonyl (C=O) groups is 2. The fraction of sp³-hybridized carbons (Fsp3) is 0.400. The summed E-state index contributed by atoms with van der Waals surface area (Å²) < 4.78 is 31.4. The molecular formula is C35H39BrFN7O5. The molecule has 2 aliphatic heterocycles. The first-order valence-corrected chi connectivity index (χ1v) is 17.2. The van der Waals surface area contributed by atoms with Crippen LogP contribution in [0.1, 0.15) is 24.1 Å². The number of nitrogens with one attached hydrogen (secondary N) is 1. The number of rotatable bonds is 11. The molecule has 4 heterocycles. The second-order valence-corrected chi connectivity index (χ2v) is 12.8. The topological polar surface area (TPSA) is 122 Å². The summed E-state index contributed by atoms with van der Waals surface area (Å²) >= 11 is 3.10. The van der Waals surface area contributed by atoms with Crippen LogP contribution in [-0.4, -0.2) is 110 Å². The van der Waals surface area contributed by atoms with Gasteiger partial charge in [-0.1, -0.05) is 0 Å². The van der Waals surface area contributed by atoms with Crippen molar-refractivity contribution in [2.45, 2.75) is 19.3 Å². The SMILES string of the molecule is COc1cc2c(Cc3ccncc3)nnc(N3CCN(C(=O)C(=O)Nc4ccc(F)c(Br)c4)CC3)c2cc1OCCCCN1CCOCC1. The number of pyridine rings is 1. The summed E-state index contributed by atoms with van der Waals surface area (Å²) in [6, 6.07) is 11.9. The molecule has 6 rings (SSSR count). The van der Waals surface area contributed by atoms with Crippen LogP contribution in [0.3, 0.4) is 0 Å². The lowest BCUT2D eigenvalue weighted by atomic mass is 10.0. The summed E-state index contributed by atoms with van der Waals surface area (Å²) in [4.78, 5) is 35.9. The summed E-state index contributed by atoms with van der Waals surface area (Å²) in [5.74, 6) is 0.0157. The van der Waals surface area contributed by atoms with Gasteiger partial charge in [0, 0.05) is 74.5 Å². The normalized spacial score (nSPS) is 15.3. The number of carbonyl (C=O) groups excluding carboxylic acids is 2. The second-order valence-electron chi connectivity index (χ2n) is 11.9. The van der Waals surface area contributed by atoms with Gasteiger partial charge in [0.1, 0.15) is 5.82 Å². The molecule has 0 radical (unpaired) electrons. The van der Waals surface area contributed by atoms with Crippen molar-refractivity contribution in [2.24, 2.45) is 0 Å². The molecular weight excluding hydrogens is 697 g/mol. The fourth-order valence-corrected chi connectivity index (χ4v) is 6.38. The molecule has 2 fully saturated rings. The van der Waals surface area contributed by atoms with Gasteiger partial charge in [-0.05, 0) is 83.3 Å². The number of anilines is 2. The van der Waals surface area contributed by atoms with E-state index in [0.29, 0.717) is 62.2 Å². The minimum Gasteiger partial charge on any atom is -0.493 e. The van der Waals surface area contributed by atoms with Gasteiger partial charge in [0.25, 0.3) is 0 Å². The maximum Gasteiger partial charge on any atom is 0.313 e. The number of methoxy groups -OCH3 is 1. The Morgan fingerprint density at radius 2 is 1.69 bits per heavy atom. The molecule has 2 aromatic heterocycles. The third kappa shape index (κ3) is 8.61. The van der Waals surface area contributed by atoms with Gasteiger partial charge in [-0.3, -0.25) is 19.5 Å². The number of morpholine rings is 1. The Bertz CT molecular complexity index is 1770. The minimum absolute atomic E-state index is 0.196. The Morgan fingerprint density at radius 1 is 0.939 bits per heavy atom. The Kier molecular flexibility index (Phi) is 11.5. The van der Waals surface area contributed by atoms with Gasteiger partial charge >= 0.3 is 11.8 Å². The first-order valence-electron chi connectivity index (χ1n) is 16.4. The van der Waals surface area contributed by atoms with Crippen LogP contribution < -0.4 is 19.7 Å². The van der Waals surface area contributed by atoms with Crippen molar-refractivity contribution in [1.29, 1.82) is 0 Å². The van der Waals surface area contributed by atoms with Crippen LogP contribution in [0.15, 0.2) is 59.3 Å². The number of aromatic nitrogens is 3. The molecule has 1 N–H and O–H groups in total. The minimum atomic E-state index is -0.781. The number of halogens is 2. The van der Waals surface area contributed by atoms with E-state index in [1.807, 2.05) is 24.3 Å². The fourth-order valence-electron chi connectivity index (χ4n) is 6.00. The summed E-state index contributed by atoms with van der Waals surface area (Å²) in [7, 11) is 1.63. The van der Waals surface area contributed by atoms with E-state index in [0.717, 1.165) is 67.7 Å². The molecule has 2 saturated heterocycles. The van der Waals surface area contributed by atoms with Crippen LogP contribution in [0.2, 0.25) is 0 Å². The molecule has 258 valence electrons.